The minimum Gasteiger partial charge on any atom is -0.465 e. The highest BCUT2D eigenvalue weighted by Gasteiger charge is 2.29. The molecule has 0 saturated heterocycles. The highest BCUT2D eigenvalue weighted by atomic mass is 32.2. The molecule has 0 radical (unpaired) electrons. The number of ether oxygens (including phenoxy) is 1. The fourth-order valence-electron chi connectivity index (χ4n) is 3.57. The van der Waals surface area contributed by atoms with Gasteiger partial charge in [0.05, 0.1) is 23.3 Å². The van der Waals surface area contributed by atoms with Crippen LogP contribution < -0.4 is 9.62 Å². The number of amides is 1. The third-order valence-electron chi connectivity index (χ3n) is 5.75. The van der Waals surface area contributed by atoms with Gasteiger partial charge in [0, 0.05) is 5.69 Å². The maximum Gasteiger partial charge on any atom is 0.338 e. The lowest BCUT2D eigenvalue weighted by Crippen LogP contribution is -2.38. The van der Waals surface area contributed by atoms with E-state index < -0.39 is 28.4 Å². The number of hydrogen-bond acceptors (Lipinski definition) is 5. The number of nitrogens with one attached hydrogen (secondary N) is 1. The van der Waals surface area contributed by atoms with Crippen LogP contribution in [0.2, 0.25) is 0 Å². The van der Waals surface area contributed by atoms with Gasteiger partial charge in [0.1, 0.15) is 6.54 Å². The number of sulfonamides is 1. The maximum atomic E-state index is 13.6. The van der Waals surface area contributed by atoms with Crippen molar-refractivity contribution in [3.63, 3.8) is 0 Å². The summed E-state index contributed by atoms with van der Waals surface area (Å²) in [7, 11) is -2.75. The zero-order chi connectivity index (χ0) is 25.0. The first-order valence-corrected chi connectivity index (χ1v) is 12.1. The Hall–Kier alpha value is -3.65. The number of benzene rings is 3. The number of methoxy groups -OCH3 is 1. The monoisotopic (exact) mass is 480 g/mol. The Morgan fingerprint density at radius 2 is 1.53 bits per heavy atom. The number of rotatable bonds is 7. The first-order chi connectivity index (χ1) is 16.1. The highest BCUT2D eigenvalue weighted by Crippen LogP contribution is 2.29. The van der Waals surface area contributed by atoms with E-state index in [-0.39, 0.29) is 4.90 Å². The molecule has 178 valence electrons. The quantitative estimate of drug-likeness (QED) is 0.501. The number of nitrogens with zero attached hydrogens (tertiary/aromatic N) is 1. The van der Waals surface area contributed by atoms with Gasteiger partial charge in [-0.3, -0.25) is 9.10 Å². The van der Waals surface area contributed by atoms with Crippen molar-refractivity contribution >= 4 is 33.3 Å². The largest absolute Gasteiger partial charge is 0.465 e. The zero-order valence-corrected chi connectivity index (χ0v) is 20.7. The van der Waals surface area contributed by atoms with Crippen molar-refractivity contribution in [1.82, 2.24) is 0 Å². The number of esters is 1. The third-order valence-corrected chi connectivity index (χ3v) is 7.53. The Bertz CT molecular complexity index is 1330. The molecule has 1 amide bonds. The van der Waals surface area contributed by atoms with Gasteiger partial charge >= 0.3 is 5.97 Å². The van der Waals surface area contributed by atoms with Gasteiger partial charge in [0.15, 0.2) is 0 Å². The molecule has 0 bridgehead atoms. The summed E-state index contributed by atoms with van der Waals surface area (Å²) in [6.45, 7) is 6.83. The highest BCUT2D eigenvalue weighted by molar-refractivity contribution is 7.92. The molecule has 1 N–H and O–H groups in total. The van der Waals surface area contributed by atoms with Crippen molar-refractivity contribution in [3.8, 4) is 0 Å². The van der Waals surface area contributed by atoms with Gasteiger partial charge in [-0.15, -0.1) is 0 Å². The molecule has 0 unspecified atom stereocenters. The third kappa shape index (κ3) is 5.12. The number of carbonyl (C=O) groups excluding carboxylic acids is 2. The van der Waals surface area contributed by atoms with Crippen LogP contribution in [0.1, 0.15) is 32.6 Å². The van der Waals surface area contributed by atoms with E-state index in [4.69, 9.17) is 4.74 Å². The molecular formula is C26H28N2O5S. The van der Waals surface area contributed by atoms with Crippen molar-refractivity contribution in [2.75, 3.05) is 23.3 Å². The fraction of sp³-hybridized carbons (Fsp3) is 0.231. The lowest BCUT2D eigenvalue weighted by molar-refractivity contribution is -0.114. The first-order valence-electron chi connectivity index (χ1n) is 10.7. The molecule has 0 heterocycles. The van der Waals surface area contributed by atoms with Crippen LogP contribution in [0.25, 0.3) is 0 Å². The average Bonchev–Trinajstić information content (AvgIpc) is 2.80. The molecule has 0 aliphatic rings. The van der Waals surface area contributed by atoms with Gasteiger partial charge in [-0.2, -0.15) is 0 Å². The lowest BCUT2D eigenvalue weighted by atomic mass is 10.1. The van der Waals surface area contributed by atoms with Crippen molar-refractivity contribution in [1.29, 1.82) is 0 Å². The fourth-order valence-corrected chi connectivity index (χ4v) is 5.04. The number of hydrogen-bond donors (Lipinski definition) is 1. The van der Waals surface area contributed by atoms with E-state index in [0.29, 0.717) is 22.5 Å². The van der Waals surface area contributed by atoms with E-state index in [9.17, 15) is 18.0 Å². The van der Waals surface area contributed by atoms with Crippen LogP contribution in [0.5, 0.6) is 0 Å². The van der Waals surface area contributed by atoms with E-state index in [0.717, 1.165) is 21.0 Å². The molecule has 7 nitrogen and oxygen atoms in total. The summed E-state index contributed by atoms with van der Waals surface area (Å²) < 4.78 is 33.2. The van der Waals surface area contributed by atoms with Gasteiger partial charge in [0.25, 0.3) is 10.0 Å². The van der Waals surface area contributed by atoms with Gasteiger partial charge in [-0.25, -0.2) is 13.2 Å². The summed E-state index contributed by atoms with van der Waals surface area (Å²) in [5.74, 6) is -1.06. The van der Waals surface area contributed by atoms with E-state index >= 15 is 0 Å². The van der Waals surface area contributed by atoms with Crippen LogP contribution in [0.3, 0.4) is 0 Å². The van der Waals surface area contributed by atoms with Crippen LogP contribution in [0, 0.1) is 27.7 Å². The molecule has 8 heteroatoms. The Morgan fingerprint density at radius 1 is 0.882 bits per heavy atom. The SMILES string of the molecule is COC(=O)c1cccc(NC(=O)CN(c2cccc(C)c2C)S(=O)(=O)c2ccc(C)cc2)c1C. The van der Waals surface area contributed by atoms with Crippen molar-refractivity contribution in [3.05, 3.63) is 88.5 Å². The van der Waals surface area contributed by atoms with E-state index in [2.05, 4.69) is 5.32 Å². The molecule has 0 saturated carbocycles. The topological polar surface area (TPSA) is 92.8 Å². The molecule has 0 aliphatic carbocycles. The Morgan fingerprint density at radius 3 is 2.18 bits per heavy atom. The normalized spacial score (nSPS) is 11.1. The van der Waals surface area contributed by atoms with Gasteiger partial charge < -0.3 is 10.1 Å². The number of carbonyl (C=O) groups is 2. The Balaban J connectivity index is 2.00. The van der Waals surface area contributed by atoms with Crippen molar-refractivity contribution in [2.24, 2.45) is 0 Å². The molecule has 34 heavy (non-hydrogen) atoms. The zero-order valence-electron chi connectivity index (χ0n) is 19.9. The molecule has 3 aromatic carbocycles. The van der Waals surface area contributed by atoms with E-state index in [1.54, 1.807) is 49.4 Å². The second-order valence-electron chi connectivity index (χ2n) is 8.06. The summed E-state index contributed by atoms with van der Waals surface area (Å²) in [4.78, 5) is 25.2. The van der Waals surface area contributed by atoms with Crippen LogP contribution in [-0.4, -0.2) is 33.9 Å². The molecule has 0 aromatic heterocycles. The molecule has 0 spiro atoms. The molecule has 3 rings (SSSR count). The second kappa shape index (κ2) is 10.1. The Kier molecular flexibility index (Phi) is 7.41. The van der Waals surface area contributed by atoms with Crippen molar-refractivity contribution in [2.45, 2.75) is 32.6 Å². The summed E-state index contributed by atoms with van der Waals surface area (Å²) in [6, 6.07) is 16.7. The van der Waals surface area contributed by atoms with Crippen LogP contribution in [0.15, 0.2) is 65.6 Å². The second-order valence-corrected chi connectivity index (χ2v) is 9.92. The van der Waals surface area contributed by atoms with Crippen LogP contribution in [0.4, 0.5) is 11.4 Å². The first kappa shape index (κ1) is 25.0. The predicted octanol–water partition coefficient (Wildman–Crippen LogP) is 4.54. The van der Waals surface area contributed by atoms with Crippen molar-refractivity contribution < 1.29 is 22.7 Å². The minimum absolute atomic E-state index is 0.0932. The number of anilines is 2. The molecule has 0 fully saturated rings. The van der Waals surface area contributed by atoms with Gasteiger partial charge in [-0.05, 0) is 74.7 Å². The predicted molar refractivity (Wildman–Crippen MR) is 133 cm³/mol. The summed E-state index contributed by atoms with van der Waals surface area (Å²) in [6.07, 6.45) is 0. The Labute approximate surface area is 200 Å². The van der Waals surface area contributed by atoms with E-state index in [1.807, 2.05) is 26.8 Å². The van der Waals surface area contributed by atoms with Gasteiger partial charge in [0.2, 0.25) is 5.91 Å². The standard InChI is InChI=1S/C26H28N2O5S/c1-17-12-14-21(15-13-17)34(31,32)28(24-11-6-8-18(2)19(24)3)16-25(29)27-23-10-7-9-22(20(23)4)26(30)33-5/h6-15H,16H2,1-5H3,(H,27,29). The smallest absolute Gasteiger partial charge is 0.338 e. The molecule has 0 atom stereocenters. The summed E-state index contributed by atoms with van der Waals surface area (Å²) in [5.41, 5.74) is 4.27. The average molecular weight is 481 g/mol. The van der Waals surface area contributed by atoms with E-state index in [1.165, 1.54) is 19.2 Å². The maximum absolute atomic E-state index is 13.6. The minimum atomic E-state index is -4.03. The lowest BCUT2D eigenvalue weighted by Gasteiger charge is -2.26. The molecule has 3 aromatic rings. The van der Waals surface area contributed by atoms with Gasteiger partial charge in [-0.1, -0.05) is 35.9 Å². The molecular weight excluding hydrogens is 452 g/mol. The van der Waals surface area contributed by atoms with Crippen LogP contribution in [-0.2, 0) is 19.6 Å². The summed E-state index contributed by atoms with van der Waals surface area (Å²) in [5, 5.41) is 2.74. The summed E-state index contributed by atoms with van der Waals surface area (Å²) >= 11 is 0. The van der Waals surface area contributed by atoms with Crippen LogP contribution >= 0.6 is 0 Å². The number of aryl methyl sites for hydroxylation is 2. The molecule has 0 aliphatic heterocycles.